The Labute approximate surface area is 86.6 Å². The van der Waals surface area contributed by atoms with E-state index in [-0.39, 0.29) is 6.01 Å². The predicted molar refractivity (Wildman–Crippen MR) is 53.0 cm³/mol. The van der Waals surface area contributed by atoms with Crippen LogP contribution < -0.4 is 9.58 Å². The maximum absolute atomic E-state index is 11.1. The summed E-state index contributed by atoms with van der Waals surface area (Å²) in [5.74, 6) is 0. The summed E-state index contributed by atoms with van der Waals surface area (Å²) in [6.07, 6.45) is 1.30. The molecule has 0 atom stereocenters. The quantitative estimate of drug-likeness (QED) is 0.534. The molecule has 5 nitrogen and oxygen atoms in total. The molecule has 0 bridgehead atoms. The van der Waals surface area contributed by atoms with Gasteiger partial charge < -0.3 is 9.94 Å². The molecule has 2 aromatic rings. The molecule has 0 aliphatic heterocycles. The van der Waals surface area contributed by atoms with Gasteiger partial charge in [-0.1, -0.05) is 35.2 Å². The summed E-state index contributed by atoms with van der Waals surface area (Å²) in [5.41, 5.74) is 1.39. The molecule has 1 aromatic heterocycles. The molecule has 0 saturated carbocycles. The lowest BCUT2D eigenvalue weighted by Gasteiger charge is -2.01. The van der Waals surface area contributed by atoms with Gasteiger partial charge in [0, 0.05) is 5.56 Å². The first-order chi connectivity index (χ1) is 7.29. The molecule has 2 rings (SSSR count). The fraction of sp³-hybridized carbons (Fsp3) is 0.100. The molecular weight excluding hydrogens is 194 g/mol. The third kappa shape index (κ3) is 2.01. The number of nitrogens with zero attached hydrogens (tertiary/aromatic N) is 3. The van der Waals surface area contributed by atoms with Gasteiger partial charge in [0.15, 0.2) is 0 Å². The molecule has 76 valence electrons. The zero-order valence-electron chi connectivity index (χ0n) is 8.12. The van der Waals surface area contributed by atoms with Crippen LogP contribution in [0.3, 0.4) is 0 Å². The first kappa shape index (κ1) is 9.39. The molecule has 5 heteroatoms. The van der Waals surface area contributed by atoms with Crippen molar-refractivity contribution in [2.45, 2.75) is 0 Å². The average molecular weight is 203 g/mol. The second kappa shape index (κ2) is 3.91. The van der Waals surface area contributed by atoms with E-state index < -0.39 is 0 Å². The standard InChI is InChI=1S/C10H9N3O2/c1-15-10-11-9(7-13(14)12-10)8-5-3-2-4-6-8/h2-7H,1H3. The lowest BCUT2D eigenvalue weighted by atomic mass is 10.2. The molecule has 15 heavy (non-hydrogen) atoms. The van der Waals surface area contributed by atoms with Gasteiger partial charge in [-0.25, -0.2) is 0 Å². The van der Waals surface area contributed by atoms with Crippen LogP contribution in [-0.2, 0) is 0 Å². The van der Waals surface area contributed by atoms with Gasteiger partial charge in [-0.15, -0.1) is 0 Å². The van der Waals surface area contributed by atoms with Crippen molar-refractivity contribution in [1.82, 2.24) is 10.1 Å². The largest absolute Gasteiger partial charge is 0.594 e. The Morgan fingerprint density at radius 2 is 2.00 bits per heavy atom. The Balaban J connectivity index is 2.49. The summed E-state index contributed by atoms with van der Waals surface area (Å²) in [6, 6.07) is 9.43. The van der Waals surface area contributed by atoms with Gasteiger partial charge >= 0.3 is 6.01 Å². The van der Waals surface area contributed by atoms with Crippen molar-refractivity contribution in [1.29, 1.82) is 0 Å². The van der Waals surface area contributed by atoms with Gasteiger partial charge in [-0.05, 0) is 0 Å². The van der Waals surface area contributed by atoms with Crippen molar-refractivity contribution in [3.05, 3.63) is 41.7 Å². The second-order valence-corrected chi connectivity index (χ2v) is 2.88. The lowest BCUT2D eigenvalue weighted by molar-refractivity contribution is -0.669. The smallest absolute Gasteiger partial charge is 0.380 e. The lowest BCUT2D eigenvalue weighted by Crippen LogP contribution is -2.31. The van der Waals surface area contributed by atoms with E-state index in [1.807, 2.05) is 30.3 Å². The van der Waals surface area contributed by atoms with Gasteiger partial charge in [0.1, 0.15) is 5.69 Å². The number of hydrogen-bond donors (Lipinski definition) is 0. The van der Waals surface area contributed by atoms with Gasteiger partial charge in [-0.2, -0.15) is 4.98 Å². The summed E-state index contributed by atoms with van der Waals surface area (Å²) in [5, 5.41) is 14.6. The molecule has 0 amide bonds. The van der Waals surface area contributed by atoms with Crippen molar-refractivity contribution < 1.29 is 9.58 Å². The average Bonchev–Trinajstić information content (AvgIpc) is 2.29. The van der Waals surface area contributed by atoms with Crippen LogP contribution in [0.25, 0.3) is 11.3 Å². The third-order valence-electron chi connectivity index (χ3n) is 1.89. The van der Waals surface area contributed by atoms with Gasteiger partial charge in [0.25, 0.3) is 0 Å². The zero-order valence-corrected chi connectivity index (χ0v) is 8.12. The highest BCUT2D eigenvalue weighted by Crippen LogP contribution is 2.15. The highest BCUT2D eigenvalue weighted by molar-refractivity contribution is 5.57. The summed E-state index contributed by atoms with van der Waals surface area (Å²) < 4.78 is 4.81. The van der Waals surface area contributed by atoms with E-state index in [0.29, 0.717) is 10.5 Å². The Morgan fingerprint density at radius 1 is 1.27 bits per heavy atom. The predicted octanol–water partition coefficient (Wildman–Crippen LogP) is 0.786. The molecule has 0 aliphatic carbocycles. The first-order valence-electron chi connectivity index (χ1n) is 4.37. The minimum atomic E-state index is 0.0614. The molecular formula is C10H9N3O2. The van der Waals surface area contributed by atoms with Crippen LogP contribution in [0, 0.1) is 5.21 Å². The van der Waals surface area contributed by atoms with E-state index in [4.69, 9.17) is 4.74 Å². The van der Waals surface area contributed by atoms with E-state index in [1.54, 1.807) is 0 Å². The number of rotatable bonds is 2. The van der Waals surface area contributed by atoms with Gasteiger partial charge in [-0.3, -0.25) is 0 Å². The molecule has 0 radical (unpaired) electrons. The van der Waals surface area contributed by atoms with E-state index in [2.05, 4.69) is 10.1 Å². The first-order valence-corrected chi connectivity index (χ1v) is 4.37. The Kier molecular flexibility index (Phi) is 2.45. The summed E-state index contributed by atoms with van der Waals surface area (Å²) in [4.78, 5) is 4.51. The molecule has 1 heterocycles. The van der Waals surface area contributed by atoms with Gasteiger partial charge in [0.2, 0.25) is 6.20 Å². The summed E-state index contributed by atoms with van der Waals surface area (Å²) in [7, 11) is 1.42. The fourth-order valence-electron chi connectivity index (χ4n) is 1.21. The minimum Gasteiger partial charge on any atom is -0.594 e. The van der Waals surface area contributed by atoms with Crippen LogP contribution in [0.5, 0.6) is 6.01 Å². The third-order valence-corrected chi connectivity index (χ3v) is 1.89. The molecule has 0 aliphatic rings. The fourth-order valence-corrected chi connectivity index (χ4v) is 1.21. The number of hydrogen-bond acceptors (Lipinski definition) is 4. The van der Waals surface area contributed by atoms with Crippen LogP contribution in [0.4, 0.5) is 0 Å². The summed E-state index contributed by atoms with van der Waals surface area (Å²) >= 11 is 0. The van der Waals surface area contributed by atoms with E-state index in [0.717, 1.165) is 5.56 Å². The monoisotopic (exact) mass is 203 g/mol. The number of benzene rings is 1. The normalized spacial score (nSPS) is 9.93. The number of methoxy groups -OCH3 is 1. The van der Waals surface area contributed by atoms with E-state index >= 15 is 0 Å². The molecule has 0 unspecified atom stereocenters. The molecule has 0 saturated heterocycles. The highest BCUT2D eigenvalue weighted by atomic mass is 16.5. The van der Waals surface area contributed by atoms with Crippen molar-refractivity contribution in [3.8, 4) is 17.3 Å². The number of aromatic nitrogens is 3. The van der Waals surface area contributed by atoms with Crippen molar-refractivity contribution >= 4 is 0 Å². The molecule has 0 spiro atoms. The van der Waals surface area contributed by atoms with E-state index in [1.165, 1.54) is 13.3 Å². The topological polar surface area (TPSA) is 62.0 Å². The van der Waals surface area contributed by atoms with E-state index in [9.17, 15) is 5.21 Å². The minimum absolute atomic E-state index is 0.0614. The van der Waals surface area contributed by atoms with Crippen LogP contribution in [0.2, 0.25) is 0 Å². The Morgan fingerprint density at radius 3 is 2.67 bits per heavy atom. The van der Waals surface area contributed by atoms with Crippen molar-refractivity contribution in [3.63, 3.8) is 0 Å². The van der Waals surface area contributed by atoms with Gasteiger partial charge in [0.05, 0.1) is 12.2 Å². The van der Waals surface area contributed by atoms with Crippen molar-refractivity contribution in [2.24, 2.45) is 0 Å². The summed E-state index contributed by atoms with van der Waals surface area (Å²) in [6.45, 7) is 0. The van der Waals surface area contributed by atoms with Crippen LogP contribution in [-0.4, -0.2) is 17.2 Å². The molecule has 1 aromatic carbocycles. The van der Waals surface area contributed by atoms with Crippen molar-refractivity contribution in [2.75, 3.05) is 7.11 Å². The number of ether oxygens (including phenoxy) is 1. The molecule has 0 fully saturated rings. The Bertz CT molecular complexity index is 459. The Hall–Kier alpha value is -2.17. The maximum atomic E-state index is 11.1. The van der Waals surface area contributed by atoms with Crippen LogP contribution >= 0.6 is 0 Å². The second-order valence-electron chi connectivity index (χ2n) is 2.88. The maximum Gasteiger partial charge on any atom is 0.380 e. The molecule has 0 N–H and O–H groups in total. The van der Waals surface area contributed by atoms with Crippen LogP contribution in [0.1, 0.15) is 0 Å². The van der Waals surface area contributed by atoms with Crippen LogP contribution in [0.15, 0.2) is 36.5 Å². The highest BCUT2D eigenvalue weighted by Gasteiger charge is 2.08. The zero-order chi connectivity index (χ0) is 10.7. The SMILES string of the molecule is COc1nc(-c2ccccc2)c[n+]([O-])n1.